The number of carbonyl (C=O) groups is 2. The van der Waals surface area contributed by atoms with Crippen LogP contribution in [0, 0.1) is 10.1 Å². The lowest BCUT2D eigenvalue weighted by Gasteiger charge is -2.11. The zero-order valence-corrected chi connectivity index (χ0v) is 14.9. The molecule has 0 radical (unpaired) electrons. The number of benzene rings is 2. The Bertz CT molecular complexity index is 860. The lowest BCUT2D eigenvalue weighted by molar-refractivity contribution is -0.385. The van der Waals surface area contributed by atoms with Crippen molar-refractivity contribution in [3.8, 4) is 17.2 Å². The van der Waals surface area contributed by atoms with Gasteiger partial charge in [-0.1, -0.05) is 0 Å². The number of ether oxygens (including phenoxy) is 4. The third kappa shape index (κ3) is 4.51. The molecule has 0 N–H and O–H groups in total. The van der Waals surface area contributed by atoms with E-state index in [1.807, 2.05) is 0 Å². The quantitative estimate of drug-likeness (QED) is 0.314. The van der Waals surface area contributed by atoms with Crippen molar-refractivity contribution in [2.24, 2.45) is 0 Å². The zero-order valence-electron chi connectivity index (χ0n) is 14.9. The number of methoxy groups -OCH3 is 2. The maximum absolute atomic E-state index is 12.5. The highest BCUT2D eigenvalue weighted by Gasteiger charge is 2.26. The van der Waals surface area contributed by atoms with Crippen LogP contribution in [0.1, 0.15) is 27.6 Å². The van der Waals surface area contributed by atoms with E-state index in [0.717, 1.165) is 6.07 Å². The number of nitro groups is 1. The lowest BCUT2D eigenvalue weighted by atomic mass is 10.1. The van der Waals surface area contributed by atoms with Crippen LogP contribution in [-0.2, 0) is 4.74 Å². The first-order valence-corrected chi connectivity index (χ1v) is 7.81. The molecule has 9 heteroatoms. The standard InChI is InChI=1S/C18H17NO8/c1-4-26-16-9-13(14(19(22)23)10-15(16)24-2)18(21)27-12-7-5-11(6-8-12)17(20)25-3/h5-10H,4H2,1-3H3. The summed E-state index contributed by atoms with van der Waals surface area (Å²) in [6.45, 7) is 2.00. The lowest BCUT2D eigenvalue weighted by Crippen LogP contribution is -2.12. The fourth-order valence-electron chi connectivity index (χ4n) is 2.23. The molecule has 0 fully saturated rings. The molecule has 2 aromatic carbocycles. The normalized spacial score (nSPS) is 10.0. The fraction of sp³-hybridized carbons (Fsp3) is 0.222. The summed E-state index contributed by atoms with van der Waals surface area (Å²) in [5.74, 6) is -1.08. The molecular formula is C18H17NO8. The Labute approximate surface area is 154 Å². The maximum atomic E-state index is 12.5. The highest BCUT2D eigenvalue weighted by molar-refractivity contribution is 5.96. The molecule has 142 valence electrons. The van der Waals surface area contributed by atoms with Crippen molar-refractivity contribution in [1.82, 2.24) is 0 Å². The number of rotatable bonds is 7. The highest BCUT2D eigenvalue weighted by Crippen LogP contribution is 2.35. The Hall–Kier alpha value is -3.62. The van der Waals surface area contributed by atoms with E-state index in [4.69, 9.17) is 14.2 Å². The molecule has 0 saturated carbocycles. The van der Waals surface area contributed by atoms with Crippen molar-refractivity contribution in [3.63, 3.8) is 0 Å². The molecule has 9 nitrogen and oxygen atoms in total. The van der Waals surface area contributed by atoms with E-state index in [9.17, 15) is 19.7 Å². The van der Waals surface area contributed by atoms with Crippen molar-refractivity contribution in [1.29, 1.82) is 0 Å². The number of nitrogens with zero attached hydrogens (tertiary/aromatic N) is 1. The van der Waals surface area contributed by atoms with Gasteiger partial charge in [0.25, 0.3) is 5.69 Å². The van der Waals surface area contributed by atoms with Gasteiger partial charge >= 0.3 is 11.9 Å². The van der Waals surface area contributed by atoms with Gasteiger partial charge in [-0.15, -0.1) is 0 Å². The minimum absolute atomic E-state index is 0.107. The molecule has 0 aliphatic rings. The average Bonchev–Trinajstić information content (AvgIpc) is 2.67. The molecule has 2 aromatic rings. The summed E-state index contributed by atoms with van der Waals surface area (Å²) in [5, 5.41) is 11.3. The number of hydrogen-bond donors (Lipinski definition) is 0. The van der Waals surface area contributed by atoms with Crippen LogP contribution in [0.25, 0.3) is 0 Å². The highest BCUT2D eigenvalue weighted by atomic mass is 16.6. The second-order valence-electron chi connectivity index (χ2n) is 5.12. The third-order valence-electron chi connectivity index (χ3n) is 3.48. The molecule has 0 aliphatic carbocycles. The molecule has 0 spiro atoms. The summed E-state index contributed by atoms with van der Waals surface area (Å²) < 4.78 is 20.2. The summed E-state index contributed by atoms with van der Waals surface area (Å²) in [5.41, 5.74) is -0.501. The molecule has 0 unspecified atom stereocenters. The number of esters is 2. The van der Waals surface area contributed by atoms with Crippen LogP contribution in [0.3, 0.4) is 0 Å². The minimum atomic E-state index is -0.948. The number of carbonyl (C=O) groups excluding carboxylic acids is 2. The summed E-state index contributed by atoms with van der Waals surface area (Å²) in [6.07, 6.45) is 0. The largest absolute Gasteiger partial charge is 0.493 e. The summed E-state index contributed by atoms with van der Waals surface area (Å²) in [6, 6.07) is 7.87. The van der Waals surface area contributed by atoms with E-state index in [1.165, 1.54) is 44.6 Å². The van der Waals surface area contributed by atoms with Gasteiger partial charge in [-0.2, -0.15) is 0 Å². The smallest absolute Gasteiger partial charge is 0.350 e. The Morgan fingerprint density at radius 1 is 1.04 bits per heavy atom. The average molecular weight is 375 g/mol. The van der Waals surface area contributed by atoms with Crippen molar-refractivity contribution >= 4 is 17.6 Å². The SMILES string of the molecule is CCOc1cc(C(=O)Oc2ccc(C(=O)OC)cc2)c([N+](=O)[O-])cc1OC. The maximum Gasteiger partial charge on any atom is 0.350 e. The monoisotopic (exact) mass is 375 g/mol. The van der Waals surface area contributed by atoms with E-state index in [0.29, 0.717) is 0 Å². The third-order valence-corrected chi connectivity index (χ3v) is 3.48. The first-order valence-electron chi connectivity index (χ1n) is 7.81. The van der Waals surface area contributed by atoms with Crippen molar-refractivity contribution < 1.29 is 33.5 Å². The van der Waals surface area contributed by atoms with Gasteiger partial charge in [0.05, 0.1) is 37.4 Å². The molecule has 0 heterocycles. The second-order valence-corrected chi connectivity index (χ2v) is 5.12. The molecule has 0 aliphatic heterocycles. The minimum Gasteiger partial charge on any atom is -0.493 e. The molecule has 0 atom stereocenters. The van der Waals surface area contributed by atoms with Gasteiger partial charge in [0.2, 0.25) is 0 Å². The zero-order chi connectivity index (χ0) is 20.0. The Kier molecular flexibility index (Phi) is 6.32. The van der Waals surface area contributed by atoms with Gasteiger partial charge in [-0.05, 0) is 31.2 Å². The summed E-state index contributed by atoms with van der Waals surface area (Å²) in [7, 11) is 2.58. The molecule has 0 bridgehead atoms. The van der Waals surface area contributed by atoms with Crippen molar-refractivity contribution in [2.75, 3.05) is 20.8 Å². The van der Waals surface area contributed by atoms with Crippen LogP contribution in [0.4, 0.5) is 5.69 Å². The summed E-state index contributed by atoms with van der Waals surface area (Å²) in [4.78, 5) is 34.5. The number of nitro benzene ring substituents is 1. The molecule has 2 rings (SSSR count). The van der Waals surface area contributed by atoms with Gasteiger partial charge in [0, 0.05) is 6.07 Å². The van der Waals surface area contributed by atoms with Crippen LogP contribution >= 0.6 is 0 Å². The van der Waals surface area contributed by atoms with Gasteiger partial charge in [0.15, 0.2) is 11.5 Å². The van der Waals surface area contributed by atoms with Gasteiger partial charge in [-0.3, -0.25) is 10.1 Å². The summed E-state index contributed by atoms with van der Waals surface area (Å²) >= 11 is 0. The first kappa shape index (κ1) is 19.7. The van der Waals surface area contributed by atoms with E-state index in [1.54, 1.807) is 6.92 Å². The van der Waals surface area contributed by atoms with Crippen LogP contribution in [0.5, 0.6) is 17.2 Å². The van der Waals surface area contributed by atoms with Crippen LogP contribution in [-0.4, -0.2) is 37.7 Å². The van der Waals surface area contributed by atoms with Crippen molar-refractivity contribution in [2.45, 2.75) is 6.92 Å². The van der Waals surface area contributed by atoms with Gasteiger partial charge in [-0.25, -0.2) is 9.59 Å². The second kappa shape index (κ2) is 8.65. The first-order chi connectivity index (χ1) is 12.9. The molecule has 27 heavy (non-hydrogen) atoms. The van der Waals surface area contributed by atoms with Crippen LogP contribution in [0.2, 0.25) is 0 Å². The van der Waals surface area contributed by atoms with Crippen molar-refractivity contribution in [3.05, 3.63) is 57.6 Å². The van der Waals surface area contributed by atoms with Gasteiger partial charge in [0.1, 0.15) is 11.3 Å². The Morgan fingerprint density at radius 3 is 2.22 bits per heavy atom. The molecule has 0 amide bonds. The van der Waals surface area contributed by atoms with E-state index in [2.05, 4.69) is 4.74 Å². The number of hydrogen-bond acceptors (Lipinski definition) is 8. The molecule has 0 saturated heterocycles. The molecular weight excluding hydrogens is 358 g/mol. The Morgan fingerprint density at radius 2 is 1.70 bits per heavy atom. The predicted molar refractivity (Wildman–Crippen MR) is 93.6 cm³/mol. The molecule has 0 aromatic heterocycles. The van der Waals surface area contributed by atoms with E-state index in [-0.39, 0.29) is 35.0 Å². The van der Waals surface area contributed by atoms with E-state index >= 15 is 0 Å². The van der Waals surface area contributed by atoms with Crippen LogP contribution < -0.4 is 14.2 Å². The van der Waals surface area contributed by atoms with E-state index < -0.39 is 22.5 Å². The fourth-order valence-corrected chi connectivity index (χ4v) is 2.23. The predicted octanol–water partition coefficient (Wildman–Crippen LogP) is 3.01. The topological polar surface area (TPSA) is 114 Å². The van der Waals surface area contributed by atoms with Gasteiger partial charge < -0.3 is 18.9 Å². The Balaban J connectivity index is 2.35. The van der Waals surface area contributed by atoms with Crippen LogP contribution in [0.15, 0.2) is 36.4 Å².